The van der Waals surface area contributed by atoms with Gasteiger partial charge in [-0.15, -0.1) is 0 Å². The summed E-state index contributed by atoms with van der Waals surface area (Å²) in [4.78, 5) is 84.5. The maximum absolute atomic E-state index is 12.5. The second-order valence-corrected chi connectivity index (χ2v) is 11.7. The zero-order valence-corrected chi connectivity index (χ0v) is 28.5. The van der Waals surface area contributed by atoms with Gasteiger partial charge in [-0.2, -0.15) is 0 Å². The van der Waals surface area contributed by atoms with Crippen LogP contribution in [0.5, 0.6) is 0 Å². The van der Waals surface area contributed by atoms with E-state index in [1.165, 1.54) is 19.9 Å². The summed E-state index contributed by atoms with van der Waals surface area (Å²) in [5, 5.41) is 47.5. The second-order valence-electron chi connectivity index (χ2n) is 11.7. The van der Waals surface area contributed by atoms with Gasteiger partial charge in [-0.1, -0.05) is 11.1 Å². The molecule has 1 unspecified atom stereocenters. The quantitative estimate of drug-likeness (QED) is 0.0353. The van der Waals surface area contributed by atoms with Crippen molar-refractivity contribution < 1.29 is 59.0 Å². The van der Waals surface area contributed by atoms with Crippen molar-refractivity contribution in [2.45, 2.75) is 97.2 Å². The van der Waals surface area contributed by atoms with Gasteiger partial charge in [0.2, 0.25) is 23.6 Å². The molecule has 1 aliphatic heterocycles. The molecule has 1 heterocycles. The molecule has 1 rings (SSSR count). The van der Waals surface area contributed by atoms with Crippen molar-refractivity contribution in [2.75, 3.05) is 32.8 Å². The van der Waals surface area contributed by atoms with Gasteiger partial charge < -0.3 is 25.8 Å². The number of rotatable bonds is 21. The van der Waals surface area contributed by atoms with Crippen LogP contribution in [0.3, 0.4) is 0 Å². The number of esters is 1. The van der Waals surface area contributed by atoms with Crippen LogP contribution < -0.4 is 16.0 Å². The lowest BCUT2D eigenvalue weighted by molar-refractivity contribution is -0.163. The molecule has 276 valence electrons. The number of carbonyl (C=O) groups excluding carboxylic acids is 7. The first-order valence-corrected chi connectivity index (χ1v) is 16.0. The van der Waals surface area contributed by atoms with E-state index in [0.29, 0.717) is 32.8 Å². The number of carbonyl (C=O) groups is 7. The summed E-state index contributed by atoms with van der Waals surface area (Å²) >= 11 is 0. The van der Waals surface area contributed by atoms with Gasteiger partial charge in [0.05, 0.1) is 6.61 Å². The number of hydroxylamine groups is 6. The van der Waals surface area contributed by atoms with Gasteiger partial charge in [-0.25, -0.2) is 20.0 Å². The van der Waals surface area contributed by atoms with E-state index in [9.17, 15) is 49.2 Å². The first kappa shape index (κ1) is 42.6. The molecule has 3 atom stereocenters. The van der Waals surface area contributed by atoms with Gasteiger partial charge >= 0.3 is 5.97 Å². The fourth-order valence-electron chi connectivity index (χ4n) is 4.59. The predicted molar refractivity (Wildman–Crippen MR) is 170 cm³/mol. The maximum Gasteiger partial charge on any atom is 0.328 e. The Bertz CT molecular complexity index is 1240. The van der Waals surface area contributed by atoms with Crippen molar-refractivity contribution in [1.82, 2.24) is 31.1 Å². The summed E-state index contributed by atoms with van der Waals surface area (Å²) in [5.41, 5.74) is 1.08. The van der Waals surface area contributed by atoms with Crippen LogP contribution in [-0.4, -0.2) is 128 Å². The normalized spacial score (nSPS) is 17.0. The van der Waals surface area contributed by atoms with Gasteiger partial charge in [0.25, 0.3) is 11.8 Å². The molecular formula is C31H50N6O12. The van der Waals surface area contributed by atoms with Gasteiger partial charge in [-0.3, -0.25) is 44.4 Å². The number of aliphatic hydroxyl groups excluding tert-OH is 1. The summed E-state index contributed by atoms with van der Waals surface area (Å²) in [5.74, 6) is -4.04. The van der Waals surface area contributed by atoms with Crippen molar-refractivity contribution in [2.24, 2.45) is 0 Å². The summed E-state index contributed by atoms with van der Waals surface area (Å²) in [7, 11) is 0. The Kier molecular flexibility index (Phi) is 19.4. The molecule has 0 saturated carbocycles. The molecule has 1 aliphatic rings. The minimum Gasteiger partial charge on any atom is -0.464 e. The molecule has 18 heteroatoms. The monoisotopic (exact) mass is 698 g/mol. The van der Waals surface area contributed by atoms with E-state index in [1.807, 2.05) is 0 Å². The van der Waals surface area contributed by atoms with Crippen LogP contribution in [0.2, 0.25) is 0 Å². The Morgan fingerprint density at radius 2 is 1.24 bits per heavy atom. The van der Waals surface area contributed by atoms with E-state index in [4.69, 9.17) is 9.84 Å². The zero-order valence-electron chi connectivity index (χ0n) is 28.5. The maximum atomic E-state index is 12.5. The van der Waals surface area contributed by atoms with Crippen LogP contribution in [0.1, 0.15) is 79.1 Å². The van der Waals surface area contributed by atoms with Crippen LogP contribution in [0.4, 0.5) is 0 Å². The number of amides is 6. The van der Waals surface area contributed by atoms with Gasteiger partial charge in [0.1, 0.15) is 18.1 Å². The Labute approximate surface area is 285 Å². The third-order valence-corrected chi connectivity index (χ3v) is 7.38. The highest BCUT2D eigenvalue weighted by atomic mass is 16.5. The molecule has 0 bridgehead atoms. The van der Waals surface area contributed by atoms with E-state index < -0.39 is 59.5 Å². The third kappa shape index (κ3) is 17.0. The molecule has 1 saturated heterocycles. The Hall–Kier alpha value is -4.39. The summed E-state index contributed by atoms with van der Waals surface area (Å²) in [6.07, 6.45) is 3.83. The van der Waals surface area contributed by atoms with Gasteiger partial charge in [0.15, 0.2) is 0 Å². The number of nitrogens with one attached hydrogen (secondary N) is 3. The molecule has 7 N–H and O–H groups in total. The highest BCUT2D eigenvalue weighted by Gasteiger charge is 2.33. The first-order valence-electron chi connectivity index (χ1n) is 16.0. The average molecular weight is 699 g/mol. The Morgan fingerprint density at radius 1 is 0.776 bits per heavy atom. The van der Waals surface area contributed by atoms with Crippen LogP contribution >= 0.6 is 0 Å². The summed E-state index contributed by atoms with van der Waals surface area (Å²) in [6.45, 7) is 5.15. The number of nitrogens with zero attached hydrogens (tertiary/aromatic N) is 3. The standard InChI is InChI=1S/C31H50N6O12/c1-20(11-16-38)18-27(41)36(47)14-5-8-24-29(43)34-25(30(44)33-24)9-6-15-37(48)28(42)19-21(2)12-17-49-31(45)26(32-22(3)39)10-7-13-35(46)23(4)40/h18-19,24-26,38,46-48H,5-17H2,1-4H3,(H,32,39)(H,33,44)(H,34,43)/b20-18+,21-19+/t24-,25?,26+/m0/s1. The topological polar surface area (TPSA) is 255 Å². The molecule has 1 fully saturated rings. The lowest BCUT2D eigenvalue weighted by Gasteiger charge is -2.30. The molecule has 0 aromatic carbocycles. The second kappa shape index (κ2) is 22.3. The van der Waals surface area contributed by atoms with E-state index >= 15 is 0 Å². The Morgan fingerprint density at radius 3 is 1.69 bits per heavy atom. The van der Waals surface area contributed by atoms with Gasteiger partial charge in [0, 0.05) is 58.7 Å². The smallest absolute Gasteiger partial charge is 0.328 e. The Balaban J connectivity index is 2.44. The lowest BCUT2D eigenvalue weighted by atomic mass is 10.0. The number of hydrogen-bond donors (Lipinski definition) is 7. The molecule has 0 spiro atoms. The molecule has 0 aliphatic carbocycles. The van der Waals surface area contributed by atoms with Crippen LogP contribution in [0, 0.1) is 0 Å². The van der Waals surface area contributed by atoms with E-state index in [1.54, 1.807) is 13.8 Å². The van der Waals surface area contributed by atoms with Crippen LogP contribution in [0.25, 0.3) is 0 Å². The fraction of sp³-hybridized carbons (Fsp3) is 0.645. The van der Waals surface area contributed by atoms with E-state index in [-0.39, 0.29) is 77.8 Å². The third-order valence-electron chi connectivity index (χ3n) is 7.38. The minimum atomic E-state index is -0.997. The largest absolute Gasteiger partial charge is 0.464 e. The molecule has 6 amide bonds. The number of ether oxygens (including phenoxy) is 1. The first-order chi connectivity index (χ1) is 23.0. The van der Waals surface area contributed by atoms with Crippen molar-refractivity contribution in [3.05, 3.63) is 23.3 Å². The number of hydrogen-bond acceptors (Lipinski definition) is 12. The van der Waals surface area contributed by atoms with Crippen molar-refractivity contribution in [1.29, 1.82) is 0 Å². The van der Waals surface area contributed by atoms with Crippen LogP contribution in [-0.2, 0) is 38.3 Å². The SMILES string of the molecule is CC(=O)N[C@H](CCCN(O)C(C)=O)C(=O)OCC/C(C)=C/C(=O)N(O)CCCC1NC(=O)[C@H](CCCN(O)C(=O)/C=C(\C)CCO)NC1=O. The molecule has 18 nitrogen and oxygen atoms in total. The van der Waals surface area contributed by atoms with Crippen molar-refractivity contribution >= 4 is 41.4 Å². The number of piperazine rings is 1. The number of aliphatic hydroxyl groups is 1. The highest BCUT2D eigenvalue weighted by molar-refractivity contribution is 5.97. The zero-order chi connectivity index (χ0) is 37.1. The molecule has 0 radical (unpaired) electrons. The lowest BCUT2D eigenvalue weighted by Crippen LogP contribution is -2.61. The molecule has 49 heavy (non-hydrogen) atoms. The predicted octanol–water partition coefficient (Wildman–Crippen LogP) is -0.303. The van der Waals surface area contributed by atoms with Crippen LogP contribution in [0.15, 0.2) is 23.3 Å². The van der Waals surface area contributed by atoms with E-state index in [0.717, 1.165) is 6.08 Å². The fourth-order valence-corrected chi connectivity index (χ4v) is 4.59. The van der Waals surface area contributed by atoms with Crippen molar-refractivity contribution in [3.63, 3.8) is 0 Å². The molecular weight excluding hydrogens is 648 g/mol. The van der Waals surface area contributed by atoms with Crippen molar-refractivity contribution in [3.8, 4) is 0 Å². The van der Waals surface area contributed by atoms with E-state index in [2.05, 4.69) is 16.0 Å². The average Bonchev–Trinajstić information content (AvgIpc) is 3.01. The molecule has 0 aromatic heterocycles. The molecule has 0 aromatic rings. The summed E-state index contributed by atoms with van der Waals surface area (Å²) < 4.78 is 5.21. The summed E-state index contributed by atoms with van der Waals surface area (Å²) in [6, 6.07) is -2.74. The highest BCUT2D eigenvalue weighted by Crippen LogP contribution is 2.11. The minimum absolute atomic E-state index is 0.0356. The van der Waals surface area contributed by atoms with Gasteiger partial charge in [-0.05, 0) is 58.8 Å².